The normalized spacial score (nSPS) is 11.4. The number of H-pyrrole nitrogens is 1. The number of nitro groups is 1. The van der Waals surface area contributed by atoms with Crippen molar-refractivity contribution in [1.29, 1.82) is 0 Å². The first-order chi connectivity index (χ1) is 13.0. The number of benzene rings is 2. The molecule has 8 nitrogen and oxygen atoms in total. The first-order valence-corrected chi connectivity index (χ1v) is 9.31. The van der Waals surface area contributed by atoms with Gasteiger partial charge in [0.25, 0.3) is 5.69 Å². The third kappa shape index (κ3) is 3.44. The summed E-state index contributed by atoms with van der Waals surface area (Å²) in [7, 11) is 0. The number of hydrogen-bond acceptors (Lipinski definition) is 7. The number of fused-ring (bicyclic) bond motifs is 1. The van der Waals surface area contributed by atoms with E-state index >= 15 is 0 Å². The molecule has 2 heterocycles. The number of nitro benzene ring substituents is 1. The quantitative estimate of drug-likeness (QED) is 0.225. The number of halogens is 1. The Balaban J connectivity index is 1.65. The average molecular weight is 444 g/mol. The number of rotatable bonds is 4. The van der Waals surface area contributed by atoms with Crippen molar-refractivity contribution in [3.63, 3.8) is 0 Å². The van der Waals surface area contributed by atoms with Gasteiger partial charge in [0.2, 0.25) is 11.0 Å². The van der Waals surface area contributed by atoms with Crippen LogP contribution in [-0.2, 0) is 0 Å². The standard InChI is InChI=1S/C17H10BrN5O3S/c18-10-4-5-13-12(7-10)15(16(24)19-13)21-22-17-20-14(8-27-17)9-2-1-3-11(6-9)23(25)26/h1-8,19,24H. The number of aromatic nitrogens is 2. The van der Waals surface area contributed by atoms with Crippen molar-refractivity contribution < 1.29 is 10.0 Å². The second kappa shape index (κ2) is 6.89. The Hall–Kier alpha value is -3.11. The molecule has 10 heteroatoms. The van der Waals surface area contributed by atoms with Crippen LogP contribution in [0.4, 0.5) is 16.5 Å². The Morgan fingerprint density at radius 2 is 2.07 bits per heavy atom. The molecular formula is C17H10BrN5O3S. The number of nitrogens with zero attached hydrogens (tertiary/aromatic N) is 4. The smallest absolute Gasteiger partial charge is 0.270 e. The van der Waals surface area contributed by atoms with Gasteiger partial charge in [-0.05, 0) is 18.2 Å². The largest absolute Gasteiger partial charge is 0.493 e. The highest BCUT2D eigenvalue weighted by molar-refractivity contribution is 9.10. The zero-order chi connectivity index (χ0) is 19.0. The van der Waals surface area contributed by atoms with Gasteiger partial charge in [0.05, 0.1) is 16.1 Å². The lowest BCUT2D eigenvalue weighted by Crippen LogP contribution is -1.87. The Labute approximate surface area is 164 Å². The first-order valence-electron chi connectivity index (χ1n) is 7.63. The van der Waals surface area contributed by atoms with Crippen LogP contribution < -0.4 is 0 Å². The number of hydrogen-bond donors (Lipinski definition) is 2. The van der Waals surface area contributed by atoms with Gasteiger partial charge < -0.3 is 10.1 Å². The van der Waals surface area contributed by atoms with Crippen molar-refractivity contribution in [2.24, 2.45) is 10.2 Å². The molecule has 0 spiro atoms. The summed E-state index contributed by atoms with van der Waals surface area (Å²) in [5.74, 6) is -0.0812. The van der Waals surface area contributed by atoms with Crippen molar-refractivity contribution >= 4 is 54.7 Å². The Kier molecular flexibility index (Phi) is 4.42. The van der Waals surface area contributed by atoms with Gasteiger partial charge in [0.15, 0.2) is 5.69 Å². The molecule has 0 aliphatic carbocycles. The molecule has 0 aliphatic heterocycles. The maximum atomic E-state index is 10.9. The van der Waals surface area contributed by atoms with Gasteiger partial charge in [-0.25, -0.2) is 4.98 Å². The highest BCUT2D eigenvalue weighted by Crippen LogP contribution is 2.38. The molecule has 0 bridgehead atoms. The second-order valence-electron chi connectivity index (χ2n) is 5.53. The summed E-state index contributed by atoms with van der Waals surface area (Å²) in [6, 6.07) is 11.7. The minimum atomic E-state index is -0.450. The van der Waals surface area contributed by atoms with Gasteiger partial charge in [-0.3, -0.25) is 10.1 Å². The molecule has 2 aromatic heterocycles. The van der Waals surface area contributed by atoms with Gasteiger partial charge in [0.1, 0.15) is 0 Å². The average Bonchev–Trinajstić information content (AvgIpc) is 3.24. The molecule has 134 valence electrons. The summed E-state index contributed by atoms with van der Waals surface area (Å²) < 4.78 is 0.854. The van der Waals surface area contributed by atoms with Gasteiger partial charge in [-0.2, -0.15) is 0 Å². The predicted octanol–water partition coefficient (Wildman–Crippen LogP) is 6.08. The maximum absolute atomic E-state index is 10.9. The van der Waals surface area contributed by atoms with Gasteiger partial charge >= 0.3 is 0 Å². The van der Waals surface area contributed by atoms with Gasteiger partial charge in [-0.1, -0.05) is 28.1 Å². The third-order valence-electron chi connectivity index (χ3n) is 3.79. The topological polar surface area (TPSA) is 117 Å². The summed E-state index contributed by atoms with van der Waals surface area (Å²) >= 11 is 4.64. The zero-order valence-electron chi connectivity index (χ0n) is 13.5. The van der Waals surface area contributed by atoms with E-state index < -0.39 is 4.92 Å². The second-order valence-corrected chi connectivity index (χ2v) is 7.29. The van der Waals surface area contributed by atoms with E-state index in [0.29, 0.717) is 22.1 Å². The van der Waals surface area contributed by atoms with Crippen LogP contribution in [0.15, 0.2) is 62.5 Å². The van der Waals surface area contributed by atoms with E-state index in [9.17, 15) is 15.2 Å². The molecule has 2 N–H and O–H groups in total. The molecule has 27 heavy (non-hydrogen) atoms. The number of thiazole rings is 1. The lowest BCUT2D eigenvalue weighted by Gasteiger charge is -1.96. The molecule has 0 fully saturated rings. The van der Waals surface area contributed by atoms with Crippen LogP contribution in [0, 0.1) is 10.1 Å². The highest BCUT2D eigenvalue weighted by Gasteiger charge is 2.12. The van der Waals surface area contributed by atoms with E-state index in [1.54, 1.807) is 17.5 Å². The highest BCUT2D eigenvalue weighted by atomic mass is 79.9. The van der Waals surface area contributed by atoms with Gasteiger partial charge in [0, 0.05) is 32.9 Å². The third-order valence-corrected chi connectivity index (χ3v) is 5.01. The summed E-state index contributed by atoms with van der Waals surface area (Å²) in [4.78, 5) is 17.6. The van der Waals surface area contributed by atoms with Gasteiger partial charge in [-0.15, -0.1) is 21.6 Å². The Morgan fingerprint density at radius 3 is 2.89 bits per heavy atom. The number of nitrogens with one attached hydrogen (secondary N) is 1. The van der Waals surface area contributed by atoms with Crippen molar-refractivity contribution in [3.05, 3.63) is 62.4 Å². The SMILES string of the molecule is O=[N+]([O-])c1cccc(-c2csc(N=Nc3c(O)[nH]c4ccc(Br)cc34)n2)c1. The van der Waals surface area contributed by atoms with E-state index in [-0.39, 0.29) is 11.6 Å². The summed E-state index contributed by atoms with van der Waals surface area (Å²) in [6.45, 7) is 0. The molecule has 2 aromatic carbocycles. The monoisotopic (exact) mass is 443 g/mol. The molecule has 0 aliphatic rings. The van der Waals surface area contributed by atoms with Crippen LogP contribution in [0.3, 0.4) is 0 Å². The molecule has 4 rings (SSSR count). The van der Waals surface area contributed by atoms with Crippen LogP contribution >= 0.6 is 27.3 Å². The maximum Gasteiger partial charge on any atom is 0.270 e. The molecule has 0 amide bonds. The summed E-state index contributed by atoms with van der Waals surface area (Å²) in [5, 5.41) is 32.0. The number of non-ortho nitro benzene ring substituents is 1. The molecule has 0 unspecified atom stereocenters. The van der Waals surface area contributed by atoms with Crippen LogP contribution in [0.25, 0.3) is 22.2 Å². The van der Waals surface area contributed by atoms with Crippen molar-refractivity contribution in [1.82, 2.24) is 9.97 Å². The van der Waals surface area contributed by atoms with E-state index in [2.05, 4.69) is 36.1 Å². The molecule has 0 saturated heterocycles. The minimum Gasteiger partial charge on any atom is -0.493 e. The number of azo groups is 1. The summed E-state index contributed by atoms with van der Waals surface area (Å²) in [5.41, 5.74) is 2.25. The molecule has 0 atom stereocenters. The molecule has 0 radical (unpaired) electrons. The number of aromatic hydroxyl groups is 1. The lowest BCUT2D eigenvalue weighted by atomic mass is 10.1. The fourth-order valence-corrected chi connectivity index (χ4v) is 3.56. The van der Waals surface area contributed by atoms with Crippen LogP contribution in [0.2, 0.25) is 0 Å². The Morgan fingerprint density at radius 1 is 1.22 bits per heavy atom. The number of aromatic amines is 1. The predicted molar refractivity (Wildman–Crippen MR) is 106 cm³/mol. The van der Waals surface area contributed by atoms with Crippen molar-refractivity contribution in [2.75, 3.05) is 0 Å². The first kappa shape index (κ1) is 17.3. The van der Waals surface area contributed by atoms with Crippen molar-refractivity contribution in [2.45, 2.75) is 0 Å². The summed E-state index contributed by atoms with van der Waals surface area (Å²) in [6.07, 6.45) is 0. The van der Waals surface area contributed by atoms with E-state index in [4.69, 9.17) is 0 Å². The zero-order valence-corrected chi connectivity index (χ0v) is 15.9. The molecule has 4 aromatic rings. The fraction of sp³-hybridized carbons (Fsp3) is 0. The molecular weight excluding hydrogens is 434 g/mol. The van der Waals surface area contributed by atoms with E-state index in [0.717, 1.165) is 15.4 Å². The van der Waals surface area contributed by atoms with E-state index in [1.807, 2.05) is 18.2 Å². The van der Waals surface area contributed by atoms with Crippen LogP contribution in [0.1, 0.15) is 0 Å². The van der Waals surface area contributed by atoms with Crippen molar-refractivity contribution in [3.8, 4) is 17.1 Å². The van der Waals surface area contributed by atoms with E-state index in [1.165, 1.54) is 23.5 Å². The fourth-order valence-electron chi connectivity index (χ4n) is 2.55. The minimum absolute atomic E-state index is 0.00188. The molecule has 0 saturated carbocycles. The van der Waals surface area contributed by atoms with Crippen LogP contribution in [-0.4, -0.2) is 20.0 Å². The lowest BCUT2D eigenvalue weighted by molar-refractivity contribution is -0.384. The van der Waals surface area contributed by atoms with Crippen LogP contribution in [0.5, 0.6) is 5.88 Å². The Bertz CT molecular complexity index is 1200.